The fourth-order valence-corrected chi connectivity index (χ4v) is 5.83. The molecule has 0 aliphatic rings. The van der Waals surface area contributed by atoms with Crippen LogP contribution in [-0.4, -0.2) is 43.6 Å². The molecular formula is C33H32ClFN6O2S. The number of rotatable bonds is 12. The first-order chi connectivity index (χ1) is 21.3. The Bertz CT molecular complexity index is 1740. The summed E-state index contributed by atoms with van der Waals surface area (Å²) in [6.07, 6.45) is 5.11. The highest BCUT2D eigenvalue weighted by Gasteiger charge is 2.21. The van der Waals surface area contributed by atoms with Gasteiger partial charge in [0.25, 0.3) is 5.56 Å². The van der Waals surface area contributed by atoms with E-state index in [9.17, 15) is 14.0 Å². The van der Waals surface area contributed by atoms with E-state index in [0.717, 1.165) is 27.8 Å². The van der Waals surface area contributed by atoms with Gasteiger partial charge >= 0.3 is 0 Å². The third-order valence-corrected chi connectivity index (χ3v) is 8.63. The molecule has 0 fully saturated rings. The monoisotopic (exact) mass is 630 g/mol. The molecule has 0 saturated heterocycles. The zero-order valence-electron chi connectivity index (χ0n) is 24.1. The van der Waals surface area contributed by atoms with E-state index >= 15 is 0 Å². The number of aromatic amines is 1. The van der Waals surface area contributed by atoms with E-state index in [1.54, 1.807) is 40.2 Å². The number of nitrogens with zero attached hydrogens (tertiary/aromatic N) is 4. The Balaban J connectivity index is 1.38. The zero-order chi connectivity index (χ0) is 31.1. The van der Waals surface area contributed by atoms with Crippen LogP contribution < -0.4 is 11.3 Å². The molecule has 44 heavy (non-hydrogen) atoms. The predicted octanol–water partition coefficient (Wildman–Crippen LogP) is 5.86. The van der Waals surface area contributed by atoms with Gasteiger partial charge in [-0.2, -0.15) is 10.1 Å². The first kappa shape index (κ1) is 31.2. The van der Waals surface area contributed by atoms with Crippen LogP contribution in [0.15, 0.2) is 101 Å². The molecule has 3 aromatic carbocycles. The summed E-state index contributed by atoms with van der Waals surface area (Å²) in [6.45, 7) is 2.90. The minimum Gasteiger partial charge on any atom is -0.336 e. The highest BCUT2D eigenvalue weighted by molar-refractivity contribution is 7.98. The van der Waals surface area contributed by atoms with Gasteiger partial charge in [-0.05, 0) is 52.1 Å². The quantitative estimate of drug-likeness (QED) is 0.132. The van der Waals surface area contributed by atoms with Crippen LogP contribution in [0.1, 0.15) is 35.1 Å². The molecular weight excluding hydrogens is 599 g/mol. The number of aromatic nitrogens is 4. The minimum atomic E-state index is -0.372. The van der Waals surface area contributed by atoms with Crippen LogP contribution in [0.25, 0.3) is 11.1 Å². The van der Waals surface area contributed by atoms with Gasteiger partial charge in [0.1, 0.15) is 12.4 Å². The molecule has 0 bridgehead atoms. The topological polar surface area (TPSA) is 110 Å². The van der Waals surface area contributed by atoms with Crippen LogP contribution in [0.3, 0.4) is 0 Å². The van der Waals surface area contributed by atoms with E-state index in [0.29, 0.717) is 41.1 Å². The van der Waals surface area contributed by atoms with Crippen molar-refractivity contribution in [2.24, 2.45) is 5.73 Å². The number of H-pyrrole nitrogens is 1. The second kappa shape index (κ2) is 14.5. The number of carbonyl (C=O) groups excluding carboxylic acids is 1. The van der Waals surface area contributed by atoms with Gasteiger partial charge in [0, 0.05) is 54.3 Å². The van der Waals surface area contributed by atoms with Crippen molar-refractivity contribution in [3.8, 4) is 11.1 Å². The molecule has 11 heteroatoms. The van der Waals surface area contributed by atoms with E-state index in [4.69, 9.17) is 17.3 Å². The van der Waals surface area contributed by atoms with Crippen molar-refractivity contribution in [1.29, 1.82) is 0 Å². The summed E-state index contributed by atoms with van der Waals surface area (Å²) >= 11 is 7.34. The van der Waals surface area contributed by atoms with Crippen molar-refractivity contribution in [3.63, 3.8) is 0 Å². The normalized spacial score (nSPS) is 11.8. The van der Waals surface area contributed by atoms with Gasteiger partial charge in [0.15, 0.2) is 5.16 Å². The van der Waals surface area contributed by atoms with E-state index in [1.807, 2.05) is 55.5 Å². The molecule has 0 radical (unpaired) electrons. The Morgan fingerprint density at radius 2 is 1.70 bits per heavy atom. The SMILES string of the molecule is CC(c1cn[nH]c1)c1cn(CC(=O)N(CCN)Cc2ccc(-c3ccc(Cl)cc3)cc2)c(SCc2ccc(F)cc2)nc1=O. The van der Waals surface area contributed by atoms with Crippen molar-refractivity contribution in [2.45, 2.75) is 36.8 Å². The van der Waals surface area contributed by atoms with Crippen LogP contribution >= 0.6 is 23.4 Å². The van der Waals surface area contributed by atoms with E-state index in [2.05, 4.69) is 15.2 Å². The predicted molar refractivity (Wildman–Crippen MR) is 172 cm³/mol. The molecule has 3 N–H and O–H groups in total. The summed E-state index contributed by atoms with van der Waals surface area (Å²) < 4.78 is 15.1. The summed E-state index contributed by atoms with van der Waals surface area (Å²) in [5.74, 6) is -0.320. The third kappa shape index (κ3) is 7.82. The van der Waals surface area contributed by atoms with Crippen molar-refractivity contribution < 1.29 is 9.18 Å². The number of halogens is 2. The van der Waals surface area contributed by atoms with Gasteiger partial charge in [0.05, 0.1) is 6.20 Å². The van der Waals surface area contributed by atoms with Crippen molar-refractivity contribution in [1.82, 2.24) is 24.6 Å². The van der Waals surface area contributed by atoms with Gasteiger partial charge in [0.2, 0.25) is 5.91 Å². The van der Waals surface area contributed by atoms with Crippen LogP contribution in [0, 0.1) is 5.82 Å². The maximum Gasteiger partial charge on any atom is 0.277 e. The van der Waals surface area contributed by atoms with Crippen molar-refractivity contribution >= 4 is 29.3 Å². The lowest BCUT2D eigenvalue weighted by Gasteiger charge is -2.24. The molecule has 226 valence electrons. The second-order valence-electron chi connectivity index (χ2n) is 10.4. The molecule has 1 atom stereocenters. The molecule has 1 unspecified atom stereocenters. The Hall–Kier alpha value is -4.25. The zero-order valence-corrected chi connectivity index (χ0v) is 25.7. The molecule has 8 nitrogen and oxygen atoms in total. The number of amides is 1. The lowest BCUT2D eigenvalue weighted by Crippen LogP contribution is -2.37. The maximum absolute atomic E-state index is 13.8. The highest BCUT2D eigenvalue weighted by atomic mass is 35.5. The standard InChI is InChI=1S/C33H32ClFN6O2S/c1-22(27-16-37-38-17-27)30-19-41(33(39-32(30)43)44-21-24-4-12-29(35)13-5-24)20-31(42)40(15-14-36)18-23-2-6-25(7-3-23)26-8-10-28(34)11-9-26/h2-13,16-17,19,22H,14-15,18,20-21,36H2,1H3,(H,37,38). The minimum absolute atomic E-state index is 0.0347. The molecule has 0 aliphatic carbocycles. The smallest absolute Gasteiger partial charge is 0.277 e. The van der Waals surface area contributed by atoms with Crippen LogP contribution in [0.2, 0.25) is 5.02 Å². The fraction of sp³-hybridized carbons (Fsp3) is 0.212. The van der Waals surface area contributed by atoms with Gasteiger partial charge in [-0.25, -0.2) is 4.39 Å². The Morgan fingerprint density at radius 1 is 1.05 bits per heavy atom. The molecule has 2 heterocycles. The summed E-state index contributed by atoms with van der Waals surface area (Å²) in [6, 6.07) is 21.8. The number of hydrogen-bond donors (Lipinski definition) is 2. The molecule has 1 amide bonds. The van der Waals surface area contributed by atoms with Crippen LogP contribution in [-0.2, 0) is 23.6 Å². The summed E-state index contributed by atoms with van der Waals surface area (Å²) in [5.41, 5.74) is 10.7. The number of thioether (sulfide) groups is 1. The largest absolute Gasteiger partial charge is 0.336 e. The molecule has 5 aromatic rings. The van der Waals surface area contributed by atoms with Gasteiger partial charge in [-0.3, -0.25) is 14.7 Å². The first-order valence-electron chi connectivity index (χ1n) is 14.1. The van der Waals surface area contributed by atoms with Crippen molar-refractivity contribution in [3.05, 3.63) is 135 Å². The summed E-state index contributed by atoms with van der Waals surface area (Å²) in [4.78, 5) is 33.0. The third-order valence-electron chi connectivity index (χ3n) is 7.31. The van der Waals surface area contributed by atoms with E-state index in [1.165, 1.54) is 23.9 Å². The lowest BCUT2D eigenvalue weighted by atomic mass is 9.98. The fourth-order valence-electron chi connectivity index (χ4n) is 4.78. The Morgan fingerprint density at radius 3 is 2.34 bits per heavy atom. The Labute approximate surface area is 264 Å². The lowest BCUT2D eigenvalue weighted by molar-refractivity contribution is -0.132. The van der Waals surface area contributed by atoms with E-state index < -0.39 is 0 Å². The molecule has 5 rings (SSSR count). The number of nitrogens with two attached hydrogens (primary N) is 1. The number of hydrogen-bond acceptors (Lipinski definition) is 6. The number of carbonyl (C=O) groups is 1. The highest BCUT2D eigenvalue weighted by Crippen LogP contribution is 2.26. The molecule has 0 spiro atoms. The second-order valence-corrected chi connectivity index (χ2v) is 11.8. The van der Waals surface area contributed by atoms with Crippen LogP contribution in [0.4, 0.5) is 4.39 Å². The molecule has 2 aromatic heterocycles. The van der Waals surface area contributed by atoms with E-state index in [-0.39, 0.29) is 29.7 Å². The molecule has 0 aliphatic heterocycles. The van der Waals surface area contributed by atoms with Crippen molar-refractivity contribution in [2.75, 3.05) is 13.1 Å². The van der Waals surface area contributed by atoms with Crippen LogP contribution in [0.5, 0.6) is 0 Å². The molecule has 0 saturated carbocycles. The number of nitrogens with one attached hydrogen (secondary N) is 1. The van der Waals surface area contributed by atoms with Gasteiger partial charge in [-0.1, -0.05) is 78.8 Å². The average Bonchev–Trinajstić information content (AvgIpc) is 3.57. The van der Waals surface area contributed by atoms with Gasteiger partial charge < -0.3 is 15.2 Å². The maximum atomic E-state index is 13.8. The summed E-state index contributed by atoms with van der Waals surface area (Å²) in [7, 11) is 0. The summed E-state index contributed by atoms with van der Waals surface area (Å²) in [5, 5.41) is 7.86. The Kier molecular flexibility index (Phi) is 10.3. The van der Waals surface area contributed by atoms with Gasteiger partial charge in [-0.15, -0.1) is 0 Å². The average molecular weight is 631 g/mol. The number of benzene rings is 3. The first-order valence-corrected chi connectivity index (χ1v) is 15.5.